The number of hydrogen-bond acceptors (Lipinski definition) is 4. The van der Waals surface area contributed by atoms with Gasteiger partial charge < -0.3 is 5.11 Å². The zero-order valence-corrected chi connectivity index (χ0v) is 18.1. The van der Waals surface area contributed by atoms with E-state index in [0.29, 0.717) is 0 Å². The molecule has 1 saturated carbocycles. The maximum atomic E-state index is 13.4. The van der Waals surface area contributed by atoms with Gasteiger partial charge in [-0.25, -0.2) is 0 Å². The Bertz CT molecular complexity index is 949. The van der Waals surface area contributed by atoms with Gasteiger partial charge in [-0.2, -0.15) is 13.2 Å². The lowest BCUT2D eigenvalue weighted by Crippen LogP contribution is -2.43. The SMILES string of the molecule is CC1(C)CC(=O)C(C(C2=C(O)CC(C)(C)CC2=O)c2cccc(C(F)(F)F)c2)C(=O)C1. The van der Waals surface area contributed by atoms with E-state index in [9.17, 15) is 32.7 Å². The largest absolute Gasteiger partial charge is 0.512 e. The van der Waals surface area contributed by atoms with E-state index in [1.54, 1.807) is 27.7 Å². The molecule has 3 rings (SSSR count). The molecule has 1 atom stereocenters. The first-order valence-electron chi connectivity index (χ1n) is 10.3. The van der Waals surface area contributed by atoms with Gasteiger partial charge in [0.25, 0.3) is 0 Å². The number of carbonyl (C=O) groups is 3. The monoisotopic (exact) mass is 436 g/mol. The van der Waals surface area contributed by atoms with Gasteiger partial charge >= 0.3 is 6.18 Å². The minimum Gasteiger partial charge on any atom is -0.512 e. The Hall–Kier alpha value is -2.44. The Labute approximate surface area is 179 Å². The summed E-state index contributed by atoms with van der Waals surface area (Å²) in [5, 5.41) is 10.8. The molecule has 1 aromatic rings. The first kappa shape index (κ1) is 23.2. The fourth-order valence-electron chi connectivity index (χ4n) is 4.87. The van der Waals surface area contributed by atoms with Crippen molar-refractivity contribution in [1.29, 1.82) is 0 Å². The molecule has 31 heavy (non-hydrogen) atoms. The summed E-state index contributed by atoms with van der Waals surface area (Å²) in [6.45, 7) is 7.17. The summed E-state index contributed by atoms with van der Waals surface area (Å²) < 4.78 is 40.1. The van der Waals surface area contributed by atoms with Gasteiger partial charge in [0, 0.05) is 37.2 Å². The second kappa shape index (κ2) is 7.61. The van der Waals surface area contributed by atoms with Gasteiger partial charge in [-0.15, -0.1) is 0 Å². The summed E-state index contributed by atoms with van der Waals surface area (Å²) in [4.78, 5) is 39.1. The summed E-state index contributed by atoms with van der Waals surface area (Å²) in [6.07, 6.45) is -4.26. The predicted molar refractivity (Wildman–Crippen MR) is 108 cm³/mol. The zero-order valence-electron chi connectivity index (χ0n) is 18.1. The van der Waals surface area contributed by atoms with Crippen molar-refractivity contribution in [2.75, 3.05) is 0 Å². The molecule has 1 aromatic carbocycles. The van der Waals surface area contributed by atoms with E-state index >= 15 is 0 Å². The first-order chi connectivity index (χ1) is 14.1. The lowest BCUT2D eigenvalue weighted by atomic mass is 9.62. The molecule has 0 aromatic heterocycles. The number of benzene rings is 1. The van der Waals surface area contributed by atoms with Gasteiger partial charge in [0.15, 0.2) is 5.78 Å². The van der Waals surface area contributed by atoms with Gasteiger partial charge in [0.1, 0.15) is 17.3 Å². The Morgan fingerprint density at radius 1 is 0.935 bits per heavy atom. The van der Waals surface area contributed by atoms with Crippen LogP contribution >= 0.6 is 0 Å². The molecule has 0 aliphatic heterocycles. The van der Waals surface area contributed by atoms with Crippen LogP contribution in [0.3, 0.4) is 0 Å². The van der Waals surface area contributed by atoms with Crippen molar-refractivity contribution in [2.45, 2.75) is 65.5 Å². The van der Waals surface area contributed by atoms with Crippen molar-refractivity contribution >= 4 is 17.3 Å². The molecule has 0 heterocycles. The third-order valence-electron chi connectivity index (χ3n) is 6.11. The van der Waals surface area contributed by atoms with Crippen LogP contribution in [0, 0.1) is 16.7 Å². The van der Waals surface area contributed by atoms with E-state index in [2.05, 4.69) is 0 Å². The number of halogens is 3. The van der Waals surface area contributed by atoms with Crippen molar-refractivity contribution in [3.63, 3.8) is 0 Å². The molecule has 168 valence electrons. The predicted octanol–water partition coefficient (Wildman–Crippen LogP) is 5.56. The quantitative estimate of drug-likeness (QED) is 0.630. The Morgan fingerprint density at radius 3 is 2.00 bits per heavy atom. The molecule has 2 aliphatic carbocycles. The number of ketones is 3. The third-order valence-corrected chi connectivity index (χ3v) is 6.11. The summed E-state index contributed by atoms with van der Waals surface area (Å²) in [6, 6.07) is 4.35. The molecule has 0 bridgehead atoms. The molecule has 0 spiro atoms. The van der Waals surface area contributed by atoms with Crippen LogP contribution in [0.15, 0.2) is 35.6 Å². The van der Waals surface area contributed by atoms with Crippen LogP contribution in [-0.2, 0) is 20.6 Å². The van der Waals surface area contributed by atoms with E-state index in [1.807, 2.05) is 0 Å². The molecular weight excluding hydrogens is 409 g/mol. The van der Waals surface area contributed by atoms with Gasteiger partial charge in [0.2, 0.25) is 0 Å². The van der Waals surface area contributed by atoms with Crippen LogP contribution < -0.4 is 0 Å². The van der Waals surface area contributed by atoms with Crippen LogP contribution in [-0.4, -0.2) is 22.5 Å². The van der Waals surface area contributed by atoms with Crippen molar-refractivity contribution < 1.29 is 32.7 Å². The summed E-state index contributed by atoms with van der Waals surface area (Å²) in [5.41, 5.74) is -2.08. The lowest BCUT2D eigenvalue weighted by molar-refractivity contribution is -0.140. The highest BCUT2D eigenvalue weighted by Gasteiger charge is 2.48. The highest BCUT2D eigenvalue weighted by molar-refractivity contribution is 6.09. The van der Waals surface area contributed by atoms with E-state index in [4.69, 9.17) is 0 Å². The smallest absolute Gasteiger partial charge is 0.416 e. The van der Waals surface area contributed by atoms with Crippen molar-refractivity contribution in [2.24, 2.45) is 16.7 Å². The number of aliphatic hydroxyl groups excluding tert-OH is 1. The van der Waals surface area contributed by atoms with E-state index in [0.717, 1.165) is 12.1 Å². The summed E-state index contributed by atoms with van der Waals surface area (Å²) >= 11 is 0. The van der Waals surface area contributed by atoms with Crippen LogP contribution in [0.2, 0.25) is 0 Å². The molecule has 0 amide bonds. The third kappa shape index (κ3) is 4.75. The second-order valence-electron chi connectivity index (χ2n) is 10.3. The zero-order chi connectivity index (χ0) is 23.4. The van der Waals surface area contributed by atoms with Gasteiger partial charge in [-0.05, 0) is 22.5 Å². The van der Waals surface area contributed by atoms with Gasteiger partial charge in [-0.3, -0.25) is 14.4 Å². The number of aliphatic hydroxyl groups is 1. The maximum absolute atomic E-state index is 13.4. The van der Waals surface area contributed by atoms with E-state index in [-0.39, 0.29) is 42.6 Å². The maximum Gasteiger partial charge on any atom is 0.416 e. The molecule has 7 heteroatoms. The summed E-state index contributed by atoms with van der Waals surface area (Å²) in [7, 11) is 0. The normalized spacial score (nSPS) is 23.3. The topological polar surface area (TPSA) is 71.4 Å². The number of hydrogen-bond donors (Lipinski definition) is 1. The number of allylic oxidation sites excluding steroid dienone is 2. The van der Waals surface area contributed by atoms with Gasteiger partial charge in [0.05, 0.1) is 11.5 Å². The summed E-state index contributed by atoms with van der Waals surface area (Å²) in [5.74, 6) is -4.06. The molecular formula is C24H27F3O4. The molecule has 1 fully saturated rings. The molecule has 0 saturated heterocycles. The molecule has 1 N–H and O–H groups in total. The lowest BCUT2D eigenvalue weighted by Gasteiger charge is -2.39. The molecule has 4 nitrogen and oxygen atoms in total. The van der Waals surface area contributed by atoms with Crippen LogP contribution in [0.4, 0.5) is 13.2 Å². The Morgan fingerprint density at radius 2 is 1.48 bits per heavy atom. The molecule has 2 aliphatic rings. The second-order valence-corrected chi connectivity index (χ2v) is 10.3. The van der Waals surface area contributed by atoms with Gasteiger partial charge in [-0.1, -0.05) is 45.9 Å². The number of alkyl halides is 3. The molecule has 1 unspecified atom stereocenters. The first-order valence-corrected chi connectivity index (χ1v) is 10.3. The van der Waals surface area contributed by atoms with Crippen LogP contribution in [0.1, 0.15) is 70.4 Å². The number of rotatable bonds is 3. The number of Topliss-reactive ketones (excluding diaryl/α,β-unsaturated/α-hetero) is 3. The highest BCUT2D eigenvalue weighted by Crippen LogP contribution is 2.48. The molecule has 0 radical (unpaired) electrons. The van der Waals surface area contributed by atoms with Crippen molar-refractivity contribution in [3.05, 3.63) is 46.7 Å². The Balaban J connectivity index is 2.20. The van der Waals surface area contributed by atoms with E-state index < -0.39 is 51.8 Å². The van der Waals surface area contributed by atoms with Crippen LogP contribution in [0.5, 0.6) is 0 Å². The van der Waals surface area contributed by atoms with Crippen molar-refractivity contribution in [3.8, 4) is 0 Å². The van der Waals surface area contributed by atoms with E-state index in [1.165, 1.54) is 12.1 Å². The van der Waals surface area contributed by atoms with Crippen molar-refractivity contribution in [1.82, 2.24) is 0 Å². The minimum absolute atomic E-state index is 0.0378. The fraction of sp³-hybridized carbons (Fsp3) is 0.542. The highest BCUT2D eigenvalue weighted by atomic mass is 19.4. The fourth-order valence-corrected chi connectivity index (χ4v) is 4.87. The standard InChI is InChI=1S/C24H27F3O4/c1-22(2)9-15(28)20(16(29)10-22)19(13-6-5-7-14(8-13)24(25,26)27)21-17(30)11-23(3,4)12-18(21)31/h5-8,19-20,30H,9-12H2,1-4H3. The average molecular weight is 436 g/mol. The number of carbonyl (C=O) groups excluding carboxylic acids is 3. The van der Waals surface area contributed by atoms with Crippen LogP contribution in [0.25, 0.3) is 0 Å². The average Bonchev–Trinajstić information content (AvgIpc) is 2.56. The minimum atomic E-state index is -4.63. The Kier molecular flexibility index (Phi) is 5.70.